The molecule has 0 aliphatic rings. The van der Waals surface area contributed by atoms with Gasteiger partial charge in [-0.2, -0.15) is 9.97 Å². The Morgan fingerprint density at radius 1 is 0.243 bits per heavy atom. The first kappa shape index (κ1) is 38.5. The van der Waals surface area contributed by atoms with E-state index in [9.17, 15) is 0 Å². The number of fused-ring (bicyclic) bond motifs is 15. The number of rotatable bonds is 6. The van der Waals surface area contributed by atoms with Crippen LogP contribution in [-0.4, -0.2) is 33.2 Å². The van der Waals surface area contributed by atoms with Gasteiger partial charge in [-0.05, 0) is 66.7 Å². The molecule has 7 heteroatoms. The highest BCUT2D eigenvalue weighted by Crippen LogP contribution is 2.50. The van der Waals surface area contributed by atoms with E-state index < -0.39 is 0 Å². The van der Waals surface area contributed by atoms with E-state index in [0.29, 0.717) is 17.6 Å². The number of nitrogens with zero attached hydrogens (tertiary/aromatic N) is 7. The maximum Gasteiger partial charge on any atom is 0.238 e. The standard InChI is InChI=1S/C63H39N7/c1-4-21-40(22-5-1)61-64-62(66-63(65-61)70-50-34-15-10-29-45(50)46-30-11-16-35-51(46)70)41-23-20-28-44(39-41)69-53-37-18-12-31-47(53)55-56-48-32-13-17-36-52(48)67(42-24-6-2-7-25-42)59(56)60-57(58(55)69)49-33-14-19-38-54(49)68(60)43-26-8-3-9-27-43/h1-39H. The van der Waals surface area contributed by atoms with Gasteiger partial charge in [0.05, 0.1) is 44.1 Å². The lowest BCUT2D eigenvalue weighted by Crippen LogP contribution is -2.06. The van der Waals surface area contributed by atoms with Gasteiger partial charge in [-0.1, -0.05) is 170 Å². The molecule has 0 N–H and O–H groups in total. The molecule has 0 bridgehead atoms. The van der Waals surface area contributed by atoms with Gasteiger partial charge < -0.3 is 13.7 Å². The monoisotopic (exact) mass is 893 g/mol. The normalized spacial score (nSPS) is 12.0. The molecule has 15 aromatic rings. The van der Waals surface area contributed by atoms with Gasteiger partial charge >= 0.3 is 0 Å². The quantitative estimate of drug-likeness (QED) is 0.167. The topological polar surface area (TPSA) is 58.4 Å². The van der Waals surface area contributed by atoms with Gasteiger partial charge in [0.2, 0.25) is 5.95 Å². The van der Waals surface area contributed by atoms with Crippen LogP contribution >= 0.6 is 0 Å². The van der Waals surface area contributed by atoms with Crippen molar-refractivity contribution in [3.63, 3.8) is 0 Å². The van der Waals surface area contributed by atoms with Crippen LogP contribution in [0.2, 0.25) is 0 Å². The number of aromatic nitrogens is 7. The Morgan fingerprint density at radius 3 is 1.13 bits per heavy atom. The molecule has 0 saturated heterocycles. The van der Waals surface area contributed by atoms with Crippen molar-refractivity contribution in [1.82, 2.24) is 33.2 Å². The summed E-state index contributed by atoms with van der Waals surface area (Å²) >= 11 is 0. The Morgan fingerprint density at radius 2 is 0.600 bits per heavy atom. The lowest BCUT2D eigenvalue weighted by Gasteiger charge is -2.15. The third-order valence-electron chi connectivity index (χ3n) is 14.2. The summed E-state index contributed by atoms with van der Waals surface area (Å²) in [6.07, 6.45) is 0. The molecule has 0 fully saturated rings. The number of para-hydroxylation sites is 7. The molecule has 0 radical (unpaired) electrons. The zero-order valence-corrected chi connectivity index (χ0v) is 37.6. The Bertz CT molecular complexity index is 4520. The lowest BCUT2D eigenvalue weighted by molar-refractivity contribution is 0.953. The highest BCUT2D eigenvalue weighted by atomic mass is 15.2. The van der Waals surface area contributed by atoms with Crippen LogP contribution < -0.4 is 0 Å². The molecule has 0 saturated carbocycles. The second-order valence-corrected chi connectivity index (χ2v) is 18.0. The minimum Gasteiger partial charge on any atom is -0.308 e. The molecule has 0 aliphatic carbocycles. The molecule has 15 rings (SSSR count). The predicted molar refractivity (Wildman–Crippen MR) is 288 cm³/mol. The van der Waals surface area contributed by atoms with Crippen LogP contribution in [0.5, 0.6) is 0 Å². The summed E-state index contributed by atoms with van der Waals surface area (Å²) in [5.41, 5.74) is 14.0. The summed E-state index contributed by atoms with van der Waals surface area (Å²) in [4.78, 5) is 15.9. The third-order valence-corrected chi connectivity index (χ3v) is 14.2. The van der Waals surface area contributed by atoms with Crippen LogP contribution in [0.1, 0.15) is 0 Å². The van der Waals surface area contributed by atoms with E-state index in [2.05, 4.69) is 237 Å². The van der Waals surface area contributed by atoms with Crippen LogP contribution in [0, 0.1) is 0 Å². The molecular formula is C63H39N7. The van der Waals surface area contributed by atoms with Crippen LogP contribution in [0.25, 0.3) is 133 Å². The molecular weight excluding hydrogens is 855 g/mol. The Kier molecular flexibility index (Phi) is 8.23. The second kappa shape index (κ2) is 15.0. The van der Waals surface area contributed by atoms with E-state index in [1.807, 2.05) is 18.2 Å². The molecule has 7 nitrogen and oxygen atoms in total. The van der Waals surface area contributed by atoms with Crippen molar-refractivity contribution >= 4 is 87.2 Å². The summed E-state index contributed by atoms with van der Waals surface area (Å²) in [5.74, 6) is 1.76. The van der Waals surface area contributed by atoms with Crippen molar-refractivity contribution in [3.05, 3.63) is 237 Å². The number of hydrogen-bond acceptors (Lipinski definition) is 3. The van der Waals surface area contributed by atoms with Crippen LogP contribution in [0.3, 0.4) is 0 Å². The van der Waals surface area contributed by atoms with E-state index in [1.165, 1.54) is 37.8 Å². The summed E-state index contributed by atoms with van der Waals surface area (Å²) in [5, 5.41) is 9.47. The molecule has 0 spiro atoms. The Balaban J connectivity index is 1.08. The highest BCUT2D eigenvalue weighted by molar-refractivity contribution is 6.40. The van der Waals surface area contributed by atoms with Gasteiger partial charge in [0, 0.05) is 71.3 Å². The molecule has 5 heterocycles. The van der Waals surface area contributed by atoms with E-state index >= 15 is 0 Å². The summed E-state index contributed by atoms with van der Waals surface area (Å²) in [6.45, 7) is 0. The SMILES string of the molecule is c1ccc(-c2nc(-c3cccc(-n4c5ccccc5c5c6c7ccccc7n(-c7ccccc7)c6c6c(c7ccccc7n6-c6ccccc6)c54)c3)nc(-n3c4ccccc4c4ccccc43)n2)cc1. The zero-order valence-electron chi connectivity index (χ0n) is 37.6. The largest absolute Gasteiger partial charge is 0.308 e. The van der Waals surface area contributed by atoms with Gasteiger partial charge in [-0.25, -0.2) is 4.98 Å². The third kappa shape index (κ3) is 5.48. The van der Waals surface area contributed by atoms with Crippen molar-refractivity contribution in [2.24, 2.45) is 0 Å². The second-order valence-electron chi connectivity index (χ2n) is 18.0. The zero-order chi connectivity index (χ0) is 45.9. The van der Waals surface area contributed by atoms with Gasteiger partial charge in [0.15, 0.2) is 11.6 Å². The van der Waals surface area contributed by atoms with Crippen molar-refractivity contribution in [3.8, 4) is 45.8 Å². The maximum atomic E-state index is 5.38. The summed E-state index contributed by atoms with van der Waals surface area (Å²) in [6, 6.07) is 84.3. The fourth-order valence-corrected chi connectivity index (χ4v) is 11.3. The maximum absolute atomic E-state index is 5.38. The lowest BCUT2D eigenvalue weighted by atomic mass is 10.0. The van der Waals surface area contributed by atoms with Crippen LogP contribution in [0.4, 0.5) is 0 Å². The van der Waals surface area contributed by atoms with E-state index in [0.717, 1.165) is 77.6 Å². The first-order valence-corrected chi connectivity index (χ1v) is 23.7. The number of hydrogen-bond donors (Lipinski definition) is 0. The van der Waals surface area contributed by atoms with Crippen LogP contribution in [0.15, 0.2) is 237 Å². The minimum absolute atomic E-state index is 0.566. The molecule has 0 aliphatic heterocycles. The van der Waals surface area contributed by atoms with E-state index in [-0.39, 0.29) is 0 Å². The van der Waals surface area contributed by atoms with E-state index in [4.69, 9.17) is 15.0 Å². The first-order chi connectivity index (χ1) is 34.8. The van der Waals surface area contributed by atoms with Crippen molar-refractivity contribution in [2.45, 2.75) is 0 Å². The predicted octanol–water partition coefficient (Wildman–Crippen LogP) is 15.6. The Labute approximate surface area is 401 Å². The van der Waals surface area contributed by atoms with E-state index in [1.54, 1.807) is 0 Å². The molecule has 0 atom stereocenters. The van der Waals surface area contributed by atoms with Gasteiger partial charge in [-0.15, -0.1) is 0 Å². The summed E-state index contributed by atoms with van der Waals surface area (Å²) in [7, 11) is 0. The van der Waals surface area contributed by atoms with Gasteiger partial charge in [-0.3, -0.25) is 4.57 Å². The Hall–Kier alpha value is -9.59. The smallest absolute Gasteiger partial charge is 0.238 e. The molecule has 0 unspecified atom stereocenters. The van der Waals surface area contributed by atoms with Gasteiger partial charge in [0.1, 0.15) is 0 Å². The highest BCUT2D eigenvalue weighted by Gasteiger charge is 2.29. The van der Waals surface area contributed by atoms with Crippen molar-refractivity contribution < 1.29 is 0 Å². The molecule has 10 aromatic carbocycles. The minimum atomic E-state index is 0.566. The molecule has 70 heavy (non-hydrogen) atoms. The first-order valence-electron chi connectivity index (χ1n) is 23.7. The molecule has 5 aromatic heterocycles. The average molecular weight is 894 g/mol. The number of benzene rings is 10. The molecule has 0 amide bonds. The molecule has 326 valence electrons. The van der Waals surface area contributed by atoms with Crippen LogP contribution in [-0.2, 0) is 0 Å². The van der Waals surface area contributed by atoms with Crippen molar-refractivity contribution in [2.75, 3.05) is 0 Å². The summed E-state index contributed by atoms with van der Waals surface area (Å²) < 4.78 is 9.63. The average Bonchev–Trinajstić information content (AvgIpc) is 4.17. The fourth-order valence-electron chi connectivity index (χ4n) is 11.3. The van der Waals surface area contributed by atoms with Crippen molar-refractivity contribution in [1.29, 1.82) is 0 Å². The fraction of sp³-hybridized carbons (Fsp3) is 0. The van der Waals surface area contributed by atoms with Gasteiger partial charge in [0.25, 0.3) is 0 Å².